The van der Waals surface area contributed by atoms with Crippen LogP contribution in [0, 0.1) is 18.8 Å². The number of rotatable bonds is 5. The van der Waals surface area contributed by atoms with Crippen molar-refractivity contribution in [2.45, 2.75) is 18.6 Å². The van der Waals surface area contributed by atoms with E-state index in [1.807, 2.05) is 37.3 Å². The summed E-state index contributed by atoms with van der Waals surface area (Å²) in [5.74, 6) is -1.39. The summed E-state index contributed by atoms with van der Waals surface area (Å²) in [6, 6.07) is 14.1. The maximum atomic E-state index is 13.4. The fourth-order valence-electron chi connectivity index (χ4n) is 4.82. The Kier molecular flexibility index (Phi) is 4.44. The molecule has 3 aliphatic heterocycles. The second kappa shape index (κ2) is 7.06. The molecule has 31 heavy (non-hydrogen) atoms. The topological polar surface area (TPSA) is 84.9 Å². The van der Waals surface area contributed by atoms with Gasteiger partial charge in [0.2, 0.25) is 11.8 Å². The van der Waals surface area contributed by atoms with E-state index in [0.29, 0.717) is 17.0 Å². The van der Waals surface area contributed by atoms with Crippen LogP contribution >= 0.6 is 0 Å². The molecule has 158 valence electrons. The highest BCUT2D eigenvalue weighted by molar-refractivity contribution is 6.23. The van der Waals surface area contributed by atoms with Crippen LogP contribution in [0.25, 0.3) is 0 Å². The first-order valence-electron chi connectivity index (χ1n) is 10.2. The lowest BCUT2D eigenvalue weighted by Crippen LogP contribution is -2.48. The molecule has 3 aliphatic rings. The second-order valence-electron chi connectivity index (χ2n) is 8.11. The van der Waals surface area contributed by atoms with Gasteiger partial charge in [0.15, 0.2) is 0 Å². The van der Waals surface area contributed by atoms with Gasteiger partial charge >= 0.3 is 0 Å². The van der Waals surface area contributed by atoms with Gasteiger partial charge in [-0.1, -0.05) is 30.4 Å². The smallest absolute Gasteiger partial charge is 0.251 e. The number of para-hydroxylation sites is 1. The van der Waals surface area contributed by atoms with E-state index in [9.17, 15) is 14.4 Å². The molecule has 2 aromatic carbocycles. The molecule has 0 aliphatic carbocycles. The number of fused-ring (bicyclic) bond motifs is 5. The molecule has 2 aromatic rings. The van der Waals surface area contributed by atoms with Crippen molar-refractivity contribution in [2.24, 2.45) is 11.8 Å². The third-order valence-corrected chi connectivity index (χ3v) is 6.39. The zero-order chi connectivity index (χ0) is 21.8. The molecule has 0 unspecified atom stereocenters. The Morgan fingerprint density at radius 2 is 1.87 bits per heavy atom. The summed E-state index contributed by atoms with van der Waals surface area (Å²) >= 11 is 0. The lowest BCUT2D eigenvalue weighted by atomic mass is 9.77. The van der Waals surface area contributed by atoms with E-state index < -0.39 is 23.5 Å². The Morgan fingerprint density at radius 3 is 2.58 bits per heavy atom. The molecule has 2 saturated heterocycles. The van der Waals surface area contributed by atoms with Crippen molar-refractivity contribution in [1.82, 2.24) is 5.32 Å². The van der Waals surface area contributed by atoms with E-state index in [2.05, 4.69) is 5.32 Å². The first-order chi connectivity index (χ1) is 14.9. The van der Waals surface area contributed by atoms with Crippen LogP contribution in [0.1, 0.15) is 15.9 Å². The average Bonchev–Trinajstić information content (AvgIpc) is 3.43. The van der Waals surface area contributed by atoms with Crippen molar-refractivity contribution < 1.29 is 23.9 Å². The van der Waals surface area contributed by atoms with Crippen LogP contribution in [0.5, 0.6) is 5.75 Å². The van der Waals surface area contributed by atoms with E-state index >= 15 is 0 Å². The maximum absolute atomic E-state index is 13.4. The normalized spacial score (nSPS) is 28.2. The van der Waals surface area contributed by atoms with Crippen LogP contribution in [-0.4, -0.2) is 43.1 Å². The molecule has 7 nitrogen and oxygen atoms in total. The number of methoxy groups -OCH3 is 1. The Labute approximate surface area is 179 Å². The van der Waals surface area contributed by atoms with Gasteiger partial charge in [-0.3, -0.25) is 14.4 Å². The molecule has 5 rings (SSSR count). The van der Waals surface area contributed by atoms with Gasteiger partial charge in [0.05, 0.1) is 37.3 Å². The van der Waals surface area contributed by atoms with Crippen molar-refractivity contribution >= 4 is 23.4 Å². The lowest BCUT2D eigenvalue weighted by Gasteiger charge is -2.29. The Bertz CT molecular complexity index is 1110. The molecular formula is C24H22N2O5. The second-order valence-corrected chi connectivity index (χ2v) is 8.11. The van der Waals surface area contributed by atoms with Crippen LogP contribution < -0.4 is 15.0 Å². The van der Waals surface area contributed by atoms with E-state index in [0.717, 1.165) is 5.56 Å². The third-order valence-electron chi connectivity index (χ3n) is 6.39. The van der Waals surface area contributed by atoms with Gasteiger partial charge in [-0.15, -0.1) is 0 Å². The number of ether oxygens (including phenoxy) is 2. The number of anilines is 1. The number of nitrogens with zero attached hydrogens (tertiary/aromatic N) is 1. The van der Waals surface area contributed by atoms with Crippen LogP contribution in [0.2, 0.25) is 0 Å². The van der Waals surface area contributed by atoms with E-state index in [1.54, 1.807) is 37.4 Å². The summed E-state index contributed by atoms with van der Waals surface area (Å²) in [6.45, 7) is 1.98. The average molecular weight is 418 g/mol. The van der Waals surface area contributed by atoms with E-state index in [4.69, 9.17) is 9.47 Å². The van der Waals surface area contributed by atoms with Crippen molar-refractivity contribution in [3.63, 3.8) is 0 Å². The molecule has 0 radical (unpaired) electrons. The molecule has 2 bridgehead atoms. The first kappa shape index (κ1) is 19.5. The van der Waals surface area contributed by atoms with Crippen molar-refractivity contribution in [2.75, 3.05) is 18.6 Å². The fourth-order valence-corrected chi connectivity index (χ4v) is 4.82. The number of aryl methyl sites for hydroxylation is 1. The van der Waals surface area contributed by atoms with Gasteiger partial charge in [-0.05, 0) is 42.8 Å². The highest BCUT2D eigenvalue weighted by atomic mass is 16.5. The minimum atomic E-state index is -1.03. The first-order valence-corrected chi connectivity index (χ1v) is 10.2. The number of amides is 3. The van der Waals surface area contributed by atoms with Gasteiger partial charge in [-0.25, -0.2) is 4.90 Å². The van der Waals surface area contributed by atoms with Gasteiger partial charge in [0, 0.05) is 5.56 Å². The molecular weight excluding hydrogens is 396 g/mol. The Hall–Kier alpha value is -3.45. The van der Waals surface area contributed by atoms with Crippen molar-refractivity contribution in [3.05, 3.63) is 71.8 Å². The molecule has 3 amide bonds. The third kappa shape index (κ3) is 2.88. The standard InChI is InChI=1S/C24H22N2O5/c1-14-5-3-4-6-17(14)26-22(28)19-18-11-12-24(31-18,20(19)23(26)29)13-25-21(27)15-7-9-16(30-2)10-8-15/h3-12,18-20H,13H2,1-2H3,(H,25,27)/t18-,19+,20-,24+/m1/s1. The molecule has 3 heterocycles. The SMILES string of the molecule is COc1ccc(C(=O)NC[C@]23C=C[C@@H](O2)[C@@H]2C(=O)N(c4ccccc4C)C(=O)[C@@H]23)cc1. The highest BCUT2D eigenvalue weighted by Gasteiger charge is 2.67. The molecule has 0 saturated carbocycles. The van der Waals surface area contributed by atoms with Gasteiger partial charge in [0.25, 0.3) is 5.91 Å². The zero-order valence-electron chi connectivity index (χ0n) is 17.2. The monoisotopic (exact) mass is 418 g/mol. The summed E-state index contributed by atoms with van der Waals surface area (Å²) in [6.07, 6.45) is 3.18. The maximum Gasteiger partial charge on any atom is 0.251 e. The van der Waals surface area contributed by atoms with Gasteiger partial charge in [0.1, 0.15) is 11.4 Å². The predicted molar refractivity (Wildman–Crippen MR) is 113 cm³/mol. The summed E-state index contributed by atoms with van der Waals surface area (Å²) in [5, 5.41) is 2.87. The molecule has 2 fully saturated rings. The predicted octanol–water partition coefficient (Wildman–Crippen LogP) is 2.25. The number of hydrogen-bond donors (Lipinski definition) is 1. The summed E-state index contributed by atoms with van der Waals surface area (Å²) in [7, 11) is 1.56. The van der Waals surface area contributed by atoms with E-state index in [-0.39, 0.29) is 24.3 Å². The van der Waals surface area contributed by atoms with Gasteiger partial charge in [-0.2, -0.15) is 0 Å². The van der Waals surface area contributed by atoms with Crippen LogP contribution in [0.4, 0.5) is 5.69 Å². The highest BCUT2D eigenvalue weighted by Crippen LogP contribution is 2.52. The van der Waals surface area contributed by atoms with E-state index in [1.165, 1.54) is 4.90 Å². The molecule has 4 atom stereocenters. The molecule has 0 spiro atoms. The number of nitrogens with one attached hydrogen (secondary N) is 1. The molecule has 0 aromatic heterocycles. The lowest BCUT2D eigenvalue weighted by molar-refractivity contribution is -0.126. The number of carbonyl (C=O) groups is 3. The number of benzene rings is 2. The Balaban J connectivity index is 1.38. The largest absolute Gasteiger partial charge is 0.497 e. The Morgan fingerprint density at radius 1 is 1.13 bits per heavy atom. The number of carbonyl (C=O) groups excluding carboxylic acids is 3. The minimum absolute atomic E-state index is 0.104. The van der Waals surface area contributed by atoms with Crippen LogP contribution in [0.3, 0.4) is 0 Å². The van der Waals surface area contributed by atoms with Crippen LogP contribution in [-0.2, 0) is 14.3 Å². The molecule has 7 heteroatoms. The fraction of sp³-hybridized carbons (Fsp3) is 0.292. The van der Waals surface area contributed by atoms with Crippen molar-refractivity contribution in [1.29, 1.82) is 0 Å². The zero-order valence-corrected chi connectivity index (χ0v) is 17.2. The summed E-state index contributed by atoms with van der Waals surface area (Å²) < 4.78 is 11.2. The quantitative estimate of drug-likeness (QED) is 0.595. The summed E-state index contributed by atoms with van der Waals surface area (Å²) in [5.41, 5.74) is 0.901. The van der Waals surface area contributed by atoms with Crippen LogP contribution in [0.15, 0.2) is 60.7 Å². The van der Waals surface area contributed by atoms with Gasteiger partial charge < -0.3 is 14.8 Å². The number of imide groups is 1. The van der Waals surface area contributed by atoms with Crippen molar-refractivity contribution in [3.8, 4) is 5.75 Å². The minimum Gasteiger partial charge on any atom is -0.497 e. The number of hydrogen-bond acceptors (Lipinski definition) is 5. The summed E-state index contributed by atoms with van der Waals surface area (Å²) in [4.78, 5) is 40.5. The molecule has 1 N–H and O–H groups in total.